The van der Waals surface area contributed by atoms with Crippen molar-refractivity contribution in [1.29, 1.82) is 0 Å². The summed E-state index contributed by atoms with van der Waals surface area (Å²) in [7, 11) is 1.50. The predicted molar refractivity (Wildman–Crippen MR) is 106 cm³/mol. The van der Waals surface area contributed by atoms with E-state index in [-0.39, 0.29) is 37.2 Å². The van der Waals surface area contributed by atoms with Crippen molar-refractivity contribution in [1.82, 2.24) is 19.0 Å². The molecule has 0 aliphatic carbocycles. The Morgan fingerprint density at radius 3 is 2.36 bits per heavy atom. The SMILES string of the molecule is CN(C)C(=O)N1CCN(S(=O)(=O)Cc2ccccc2)C[C@]2(CC(=O)N(C)C2)C1. The van der Waals surface area contributed by atoms with Crippen molar-refractivity contribution in [2.24, 2.45) is 5.41 Å². The van der Waals surface area contributed by atoms with Crippen LogP contribution in [0.5, 0.6) is 0 Å². The summed E-state index contributed by atoms with van der Waals surface area (Å²) in [6, 6.07) is 8.90. The van der Waals surface area contributed by atoms with Crippen LogP contribution in [0, 0.1) is 5.41 Å². The number of sulfonamides is 1. The van der Waals surface area contributed by atoms with Crippen LogP contribution in [-0.4, -0.2) is 93.2 Å². The van der Waals surface area contributed by atoms with Gasteiger partial charge in [-0.3, -0.25) is 4.79 Å². The zero-order chi connectivity index (χ0) is 20.5. The third kappa shape index (κ3) is 4.30. The first-order valence-electron chi connectivity index (χ1n) is 9.34. The minimum atomic E-state index is -3.58. The lowest BCUT2D eigenvalue weighted by Gasteiger charge is -2.34. The van der Waals surface area contributed by atoms with Gasteiger partial charge in [0, 0.05) is 65.7 Å². The average Bonchev–Trinajstić information content (AvgIpc) is 2.79. The van der Waals surface area contributed by atoms with Gasteiger partial charge in [0.1, 0.15) is 0 Å². The molecule has 3 rings (SSSR count). The number of amides is 3. The van der Waals surface area contributed by atoms with Gasteiger partial charge in [-0.05, 0) is 5.56 Å². The van der Waals surface area contributed by atoms with Gasteiger partial charge in [-0.2, -0.15) is 4.31 Å². The molecule has 1 aromatic rings. The minimum absolute atomic E-state index is 0.0143. The van der Waals surface area contributed by atoms with Crippen LogP contribution < -0.4 is 0 Å². The number of carbonyl (C=O) groups excluding carboxylic acids is 2. The van der Waals surface area contributed by atoms with E-state index in [1.54, 1.807) is 43.1 Å². The van der Waals surface area contributed by atoms with Crippen LogP contribution in [0.3, 0.4) is 0 Å². The Hall–Kier alpha value is -2.13. The molecule has 0 saturated carbocycles. The van der Waals surface area contributed by atoms with Crippen molar-refractivity contribution >= 4 is 22.0 Å². The highest BCUT2D eigenvalue weighted by Gasteiger charge is 2.48. The predicted octanol–water partition coefficient (Wildman–Crippen LogP) is 0.664. The van der Waals surface area contributed by atoms with E-state index in [1.807, 2.05) is 18.2 Å². The van der Waals surface area contributed by atoms with Crippen LogP contribution in [0.1, 0.15) is 12.0 Å². The van der Waals surface area contributed by atoms with Crippen molar-refractivity contribution in [2.45, 2.75) is 12.2 Å². The number of likely N-dealkylation sites (tertiary alicyclic amines) is 1. The second kappa shape index (κ2) is 7.71. The highest BCUT2D eigenvalue weighted by Crippen LogP contribution is 2.35. The van der Waals surface area contributed by atoms with Gasteiger partial charge in [-0.1, -0.05) is 30.3 Å². The highest BCUT2D eigenvalue weighted by atomic mass is 32.2. The number of nitrogens with zero attached hydrogens (tertiary/aromatic N) is 4. The van der Waals surface area contributed by atoms with E-state index in [0.29, 0.717) is 19.6 Å². The molecule has 0 radical (unpaired) electrons. The first-order chi connectivity index (χ1) is 13.1. The molecule has 28 heavy (non-hydrogen) atoms. The van der Waals surface area contributed by atoms with Crippen LogP contribution in [0.25, 0.3) is 0 Å². The van der Waals surface area contributed by atoms with Gasteiger partial charge in [-0.15, -0.1) is 0 Å². The molecule has 2 fully saturated rings. The molecule has 1 aromatic carbocycles. The van der Waals surface area contributed by atoms with E-state index < -0.39 is 15.4 Å². The summed E-state index contributed by atoms with van der Waals surface area (Å²) in [6.45, 7) is 1.60. The Labute approximate surface area is 166 Å². The van der Waals surface area contributed by atoms with E-state index in [2.05, 4.69) is 0 Å². The lowest BCUT2D eigenvalue weighted by atomic mass is 9.86. The summed E-state index contributed by atoms with van der Waals surface area (Å²) >= 11 is 0. The van der Waals surface area contributed by atoms with E-state index in [4.69, 9.17) is 0 Å². The van der Waals surface area contributed by atoms with Crippen LogP contribution >= 0.6 is 0 Å². The van der Waals surface area contributed by atoms with Gasteiger partial charge in [0.2, 0.25) is 15.9 Å². The summed E-state index contributed by atoms with van der Waals surface area (Å²) < 4.78 is 27.7. The summed E-state index contributed by atoms with van der Waals surface area (Å²) in [6.07, 6.45) is 0.248. The fourth-order valence-electron chi connectivity index (χ4n) is 4.09. The molecule has 3 amide bonds. The molecule has 154 valence electrons. The molecule has 2 heterocycles. The number of rotatable bonds is 3. The van der Waals surface area contributed by atoms with Crippen LogP contribution in [0.15, 0.2) is 30.3 Å². The first kappa shape index (κ1) is 20.6. The van der Waals surface area contributed by atoms with Crippen LogP contribution in [0.2, 0.25) is 0 Å². The van der Waals surface area contributed by atoms with E-state index in [0.717, 1.165) is 5.56 Å². The molecule has 0 unspecified atom stereocenters. The lowest BCUT2D eigenvalue weighted by molar-refractivity contribution is -0.126. The van der Waals surface area contributed by atoms with Gasteiger partial charge in [0.05, 0.1) is 5.75 Å². The Morgan fingerprint density at radius 1 is 1.11 bits per heavy atom. The fourth-order valence-corrected chi connectivity index (χ4v) is 5.72. The average molecular weight is 409 g/mol. The lowest BCUT2D eigenvalue weighted by Crippen LogP contribution is -2.47. The van der Waals surface area contributed by atoms with Crippen molar-refractivity contribution in [3.63, 3.8) is 0 Å². The Morgan fingerprint density at radius 2 is 1.79 bits per heavy atom. The maximum Gasteiger partial charge on any atom is 0.319 e. The third-order valence-corrected chi connectivity index (χ3v) is 7.22. The second-order valence-electron chi connectivity index (χ2n) is 8.10. The summed E-state index contributed by atoms with van der Waals surface area (Å²) in [5.41, 5.74) is 0.138. The summed E-state index contributed by atoms with van der Waals surface area (Å²) in [5.74, 6) is -0.102. The van der Waals surface area contributed by atoms with Crippen LogP contribution in [-0.2, 0) is 20.6 Å². The second-order valence-corrected chi connectivity index (χ2v) is 10.1. The van der Waals surface area contributed by atoms with E-state index >= 15 is 0 Å². The monoisotopic (exact) mass is 408 g/mol. The molecular formula is C19H28N4O4S. The number of carbonyl (C=O) groups is 2. The number of benzene rings is 1. The molecule has 0 aromatic heterocycles. The molecule has 2 saturated heterocycles. The third-order valence-electron chi connectivity index (χ3n) is 5.42. The Bertz CT molecular complexity index is 843. The smallest absolute Gasteiger partial charge is 0.319 e. The summed E-state index contributed by atoms with van der Waals surface area (Å²) in [4.78, 5) is 29.6. The normalized spacial score (nSPS) is 23.9. The molecule has 2 aliphatic rings. The quantitative estimate of drug-likeness (QED) is 0.736. The zero-order valence-electron chi connectivity index (χ0n) is 16.7. The number of urea groups is 1. The van der Waals surface area contributed by atoms with Crippen molar-refractivity contribution in [3.05, 3.63) is 35.9 Å². The van der Waals surface area contributed by atoms with Gasteiger partial charge >= 0.3 is 6.03 Å². The van der Waals surface area contributed by atoms with Gasteiger partial charge in [-0.25, -0.2) is 13.2 Å². The minimum Gasteiger partial charge on any atom is -0.345 e. The standard InChI is InChI=1S/C19H28N4O4S/c1-20(2)18(25)22-9-10-23(15-19(14-22)11-17(24)21(3)13-19)28(26,27)12-16-7-5-4-6-8-16/h4-8H,9-15H2,1-3H3/t19-/m0/s1. The maximum absolute atomic E-state index is 13.1. The van der Waals surface area contributed by atoms with E-state index in [1.165, 1.54) is 9.21 Å². The molecule has 1 spiro atoms. The Kier molecular flexibility index (Phi) is 5.67. The maximum atomic E-state index is 13.1. The number of hydrogen-bond donors (Lipinski definition) is 0. The molecule has 1 atom stereocenters. The number of hydrogen-bond acceptors (Lipinski definition) is 4. The Balaban J connectivity index is 1.88. The highest BCUT2D eigenvalue weighted by molar-refractivity contribution is 7.88. The topological polar surface area (TPSA) is 81.2 Å². The molecule has 2 aliphatic heterocycles. The first-order valence-corrected chi connectivity index (χ1v) is 10.9. The largest absolute Gasteiger partial charge is 0.345 e. The van der Waals surface area contributed by atoms with Crippen LogP contribution in [0.4, 0.5) is 4.79 Å². The summed E-state index contributed by atoms with van der Waals surface area (Å²) in [5, 5.41) is 0. The molecular weight excluding hydrogens is 380 g/mol. The van der Waals surface area contributed by atoms with Gasteiger partial charge in [0.25, 0.3) is 0 Å². The van der Waals surface area contributed by atoms with Crippen molar-refractivity contribution in [3.8, 4) is 0 Å². The van der Waals surface area contributed by atoms with E-state index in [9.17, 15) is 18.0 Å². The van der Waals surface area contributed by atoms with Crippen molar-refractivity contribution < 1.29 is 18.0 Å². The van der Waals surface area contributed by atoms with Crippen molar-refractivity contribution in [2.75, 3.05) is 53.9 Å². The van der Waals surface area contributed by atoms with Gasteiger partial charge < -0.3 is 14.7 Å². The molecule has 8 nitrogen and oxygen atoms in total. The molecule has 0 bridgehead atoms. The fraction of sp³-hybridized carbons (Fsp3) is 0.579. The van der Waals surface area contributed by atoms with Gasteiger partial charge in [0.15, 0.2) is 0 Å². The molecule has 0 N–H and O–H groups in total. The molecule has 9 heteroatoms. The zero-order valence-corrected chi connectivity index (χ0v) is 17.5.